The first kappa shape index (κ1) is 11.6. The van der Waals surface area contributed by atoms with Gasteiger partial charge in [-0.1, -0.05) is 0 Å². The van der Waals surface area contributed by atoms with Gasteiger partial charge < -0.3 is 19.9 Å². The number of hydrogen-bond acceptors (Lipinski definition) is 5. The van der Waals surface area contributed by atoms with E-state index in [1.54, 1.807) is 14.2 Å². The number of amidine groups is 1. The maximum absolute atomic E-state index is 5.56. The van der Waals surface area contributed by atoms with E-state index in [2.05, 4.69) is 4.99 Å². The van der Waals surface area contributed by atoms with Gasteiger partial charge in [0.25, 0.3) is 6.02 Å². The molecule has 0 aromatic heterocycles. The zero-order valence-corrected chi connectivity index (χ0v) is 10.2. The van der Waals surface area contributed by atoms with Gasteiger partial charge in [-0.3, -0.25) is 0 Å². The third-order valence-corrected chi connectivity index (χ3v) is 2.85. The fourth-order valence-electron chi connectivity index (χ4n) is 1.90. The van der Waals surface area contributed by atoms with E-state index in [0.29, 0.717) is 12.4 Å². The third kappa shape index (κ3) is 2.00. The Balaban J connectivity index is 2.45. The number of hydrogen-bond donors (Lipinski definition) is 1. The summed E-state index contributed by atoms with van der Waals surface area (Å²) in [6.45, 7) is 2.37. The molecule has 1 aromatic rings. The number of ether oxygens (including phenoxy) is 3. The molecule has 17 heavy (non-hydrogen) atoms. The van der Waals surface area contributed by atoms with Gasteiger partial charge in [-0.2, -0.15) is 0 Å². The lowest BCUT2D eigenvalue weighted by atomic mass is 9.93. The molecule has 5 heteroatoms. The lowest BCUT2D eigenvalue weighted by Gasteiger charge is -2.21. The van der Waals surface area contributed by atoms with Crippen molar-refractivity contribution in [3.63, 3.8) is 0 Å². The highest BCUT2D eigenvalue weighted by Crippen LogP contribution is 2.37. The molecule has 1 unspecified atom stereocenters. The van der Waals surface area contributed by atoms with Gasteiger partial charge in [0.15, 0.2) is 0 Å². The number of methoxy groups -OCH3 is 2. The molecule has 1 aliphatic heterocycles. The van der Waals surface area contributed by atoms with Crippen LogP contribution in [0, 0.1) is 0 Å². The van der Waals surface area contributed by atoms with Crippen LogP contribution < -0.4 is 15.2 Å². The zero-order valence-electron chi connectivity index (χ0n) is 10.2. The second-order valence-corrected chi connectivity index (χ2v) is 4.08. The largest absolute Gasteiger partial charge is 0.497 e. The van der Waals surface area contributed by atoms with E-state index in [9.17, 15) is 0 Å². The molecule has 0 aliphatic carbocycles. The van der Waals surface area contributed by atoms with E-state index in [0.717, 1.165) is 11.3 Å². The zero-order chi connectivity index (χ0) is 12.5. The van der Waals surface area contributed by atoms with Crippen LogP contribution in [-0.2, 0) is 10.3 Å². The van der Waals surface area contributed by atoms with Crippen molar-refractivity contribution in [2.45, 2.75) is 12.5 Å². The maximum atomic E-state index is 5.56. The van der Waals surface area contributed by atoms with Crippen LogP contribution in [0.15, 0.2) is 23.2 Å². The molecule has 0 amide bonds. The molecular formula is C12H16N2O3. The number of nitrogens with two attached hydrogens (primary N) is 1. The highest BCUT2D eigenvalue weighted by molar-refractivity contribution is 5.74. The summed E-state index contributed by atoms with van der Waals surface area (Å²) < 4.78 is 15.7. The summed E-state index contributed by atoms with van der Waals surface area (Å²) in [6, 6.07) is 5.83. The van der Waals surface area contributed by atoms with Crippen molar-refractivity contribution in [2.75, 3.05) is 20.8 Å². The number of nitrogens with zero attached hydrogens (tertiary/aromatic N) is 1. The standard InChI is InChI=1S/C12H16N2O3/c1-12(7-17-11(13)14-12)9-5-4-8(15-2)6-10(9)16-3/h4-6H,7H2,1-3H3,(H2,13,14). The summed E-state index contributed by atoms with van der Waals surface area (Å²) in [5.41, 5.74) is 5.99. The van der Waals surface area contributed by atoms with Gasteiger partial charge >= 0.3 is 0 Å². The van der Waals surface area contributed by atoms with E-state index < -0.39 is 5.54 Å². The summed E-state index contributed by atoms with van der Waals surface area (Å²) in [6.07, 6.45) is 0. The Labute approximate surface area is 100 Å². The fourth-order valence-corrected chi connectivity index (χ4v) is 1.90. The Morgan fingerprint density at radius 1 is 1.35 bits per heavy atom. The molecule has 5 nitrogen and oxygen atoms in total. The van der Waals surface area contributed by atoms with Crippen molar-refractivity contribution in [3.05, 3.63) is 23.8 Å². The lowest BCUT2D eigenvalue weighted by molar-refractivity contribution is 0.261. The third-order valence-electron chi connectivity index (χ3n) is 2.85. The van der Waals surface area contributed by atoms with Crippen molar-refractivity contribution in [1.29, 1.82) is 0 Å². The van der Waals surface area contributed by atoms with Crippen molar-refractivity contribution >= 4 is 6.02 Å². The van der Waals surface area contributed by atoms with Crippen molar-refractivity contribution < 1.29 is 14.2 Å². The first-order valence-corrected chi connectivity index (χ1v) is 5.30. The van der Waals surface area contributed by atoms with Gasteiger partial charge in [0.2, 0.25) is 0 Å². The minimum absolute atomic E-state index is 0.213. The van der Waals surface area contributed by atoms with Crippen LogP contribution >= 0.6 is 0 Å². The molecular weight excluding hydrogens is 220 g/mol. The van der Waals surface area contributed by atoms with Crippen LogP contribution in [-0.4, -0.2) is 26.8 Å². The van der Waals surface area contributed by atoms with E-state index in [4.69, 9.17) is 19.9 Å². The molecule has 0 spiro atoms. The van der Waals surface area contributed by atoms with Gasteiger partial charge in [0.05, 0.1) is 14.2 Å². The van der Waals surface area contributed by atoms with Crippen LogP contribution in [0.3, 0.4) is 0 Å². The lowest BCUT2D eigenvalue weighted by Crippen LogP contribution is -2.21. The van der Waals surface area contributed by atoms with Crippen LogP contribution in [0.5, 0.6) is 11.5 Å². The van der Waals surface area contributed by atoms with Crippen LogP contribution in [0.4, 0.5) is 0 Å². The molecule has 0 saturated carbocycles. The van der Waals surface area contributed by atoms with E-state index in [1.807, 2.05) is 25.1 Å². The second kappa shape index (κ2) is 4.16. The molecule has 1 heterocycles. The Morgan fingerprint density at radius 3 is 2.65 bits per heavy atom. The average Bonchev–Trinajstić information content (AvgIpc) is 2.69. The van der Waals surface area contributed by atoms with E-state index in [-0.39, 0.29) is 6.02 Å². The monoisotopic (exact) mass is 236 g/mol. The molecule has 0 fully saturated rings. The average molecular weight is 236 g/mol. The highest BCUT2D eigenvalue weighted by Gasteiger charge is 2.35. The summed E-state index contributed by atoms with van der Waals surface area (Å²) in [5.74, 6) is 1.46. The van der Waals surface area contributed by atoms with Crippen molar-refractivity contribution in [3.8, 4) is 11.5 Å². The molecule has 0 radical (unpaired) electrons. The van der Waals surface area contributed by atoms with Crippen molar-refractivity contribution in [2.24, 2.45) is 10.7 Å². The van der Waals surface area contributed by atoms with Gasteiger partial charge in [-0.15, -0.1) is 0 Å². The van der Waals surface area contributed by atoms with Gasteiger partial charge in [0, 0.05) is 11.6 Å². The highest BCUT2D eigenvalue weighted by atomic mass is 16.5. The number of benzene rings is 1. The van der Waals surface area contributed by atoms with Gasteiger partial charge in [-0.05, 0) is 19.1 Å². The fraction of sp³-hybridized carbons (Fsp3) is 0.417. The van der Waals surface area contributed by atoms with Crippen LogP contribution in [0.25, 0.3) is 0 Å². The van der Waals surface area contributed by atoms with E-state index in [1.165, 1.54) is 0 Å². The molecule has 0 saturated heterocycles. The summed E-state index contributed by atoms with van der Waals surface area (Å²) in [4.78, 5) is 4.31. The van der Waals surface area contributed by atoms with Gasteiger partial charge in [0.1, 0.15) is 23.6 Å². The first-order chi connectivity index (χ1) is 8.09. The van der Waals surface area contributed by atoms with Crippen LogP contribution in [0.1, 0.15) is 12.5 Å². The molecule has 92 valence electrons. The quantitative estimate of drug-likeness (QED) is 0.858. The minimum Gasteiger partial charge on any atom is -0.497 e. The Morgan fingerprint density at radius 2 is 2.12 bits per heavy atom. The number of rotatable bonds is 3. The normalized spacial score (nSPS) is 22.9. The topological polar surface area (TPSA) is 66.1 Å². The summed E-state index contributed by atoms with van der Waals surface area (Å²) >= 11 is 0. The molecule has 0 bridgehead atoms. The molecule has 1 aromatic carbocycles. The van der Waals surface area contributed by atoms with Crippen molar-refractivity contribution in [1.82, 2.24) is 0 Å². The SMILES string of the molecule is COc1ccc(C2(C)COC(N)=N2)c(OC)c1. The molecule has 2 rings (SSSR count). The Hall–Kier alpha value is -1.91. The predicted octanol–water partition coefficient (Wildman–Crippen LogP) is 1.26. The maximum Gasteiger partial charge on any atom is 0.283 e. The smallest absolute Gasteiger partial charge is 0.283 e. The second-order valence-electron chi connectivity index (χ2n) is 4.08. The molecule has 1 atom stereocenters. The number of aliphatic imine (C=N–C) groups is 1. The first-order valence-electron chi connectivity index (χ1n) is 5.30. The summed E-state index contributed by atoms with van der Waals surface area (Å²) in [7, 11) is 3.23. The Kier molecular flexibility index (Phi) is 2.83. The van der Waals surface area contributed by atoms with Crippen LogP contribution in [0.2, 0.25) is 0 Å². The molecule has 2 N–H and O–H groups in total. The predicted molar refractivity (Wildman–Crippen MR) is 64.5 cm³/mol. The van der Waals surface area contributed by atoms with E-state index >= 15 is 0 Å². The summed E-state index contributed by atoms with van der Waals surface area (Å²) in [5, 5.41) is 0. The minimum atomic E-state index is -0.498. The van der Waals surface area contributed by atoms with Gasteiger partial charge in [-0.25, -0.2) is 4.99 Å². The molecule has 1 aliphatic rings. The Bertz CT molecular complexity index is 459.